The number of nitrogens with zero attached hydrogens (tertiary/aromatic N) is 4. The number of ether oxygens (including phenoxy) is 2. The van der Waals surface area contributed by atoms with Crippen LogP contribution in [0.4, 0.5) is 10.6 Å². The van der Waals surface area contributed by atoms with Crippen LogP contribution in [0.5, 0.6) is 5.75 Å². The second-order valence-electron chi connectivity index (χ2n) is 9.94. The highest BCUT2D eigenvalue weighted by Crippen LogP contribution is 2.35. The molecule has 6 rings (SSSR count). The molecule has 0 bridgehead atoms. The minimum Gasteiger partial charge on any atom is -0.487 e. The molecule has 0 aliphatic carbocycles. The Hall–Kier alpha value is -5.12. The van der Waals surface area contributed by atoms with Crippen LogP contribution < -0.4 is 10.5 Å². The number of hydrogen-bond donors (Lipinski definition) is 2. The molecule has 0 unspecified atom stereocenters. The van der Waals surface area contributed by atoms with Gasteiger partial charge in [-0.2, -0.15) is 5.10 Å². The molecule has 1 aliphatic rings. The van der Waals surface area contributed by atoms with Gasteiger partial charge in [0.15, 0.2) is 0 Å². The number of para-hydroxylation sites is 1. The molecule has 3 heterocycles. The van der Waals surface area contributed by atoms with Gasteiger partial charge in [-0.15, -0.1) is 0 Å². The maximum atomic E-state index is 12.2. The average Bonchev–Trinajstić information content (AvgIpc) is 3.28. The Morgan fingerprint density at radius 1 is 1.02 bits per heavy atom. The highest BCUT2D eigenvalue weighted by molar-refractivity contribution is 6.02. The molecule has 5 aromatic rings. The van der Waals surface area contributed by atoms with E-state index in [0.717, 1.165) is 38.5 Å². The van der Waals surface area contributed by atoms with Gasteiger partial charge in [0.2, 0.25) is 0 Å². The van der Waals surface area contributed by atoms with Gasteiger partial charge in [-0.05, 0) is 47.7 Å². The largest absolute Gasteiger partial charge is 0.487 e. The van der Waals surface area contributed by atoms with E-state index in [0.29, 0.717) is 36.8 Å². The molecule has 208 valence electrons. The molecular weight excluding hydrogens is 522 g/mol. The van der Waals surface area contributed by atoms with Crippen LogP contribution >= 0.6 is 0 Å². The van der Waals surface area contributed by atoms with Gasteiger partial charge < -0.3 is 25.2 Å². The Kier molecular flexibility index (Phi) is 6.88. The van der Waals surface area contributed by atoms with Crippen molar-refractivity contribution in [3.8, 4) is 16.9 Å². The summed E-state index contributed by atoms with van der Waals surface area (Å²) in [5.41, 5.74) is 10.4. The predicted molar refractivity (Wildman–Crippen MR) is 155 cm³/mol. The fourth-order valence-electron chi connectivity index (χ4n) is 5.32. The van der Waals surface area contributed by atoms with Gasteiger partial charge in [-0.25, -0.2) is 9.78 Å². The molecule has 0 spiro atoms. The van der Waals surface area contributed by atoms with Crippen molar-refractivity contribution in [2.24, 2.45) is 0 Å². The number of nitrogens with two attached hydrogens (primary N) is 1. The van der Waals surface area contributed by atoms with Crippen molar-refractivity contribution in [3.05, 3.63) is 84.2 Å². The van der Waals surface area contributed by atoms with Gasteiger partial charge in [0.05, 0.1) is 30.3 Å². The minimum atomic E-state index is -0.930. The Balaban J connectivity index is 1.40. The Bertz CT molecular complexity index is 1780. The van der Waals surface area contributed by atoms with Crippen LogP contribution in [0.1, 0.15) is 24.2 Å². The van der Waals surface area contributed by atoms with Crippen LogP contribution in [0.2, 0.25) is 0 Å². The van der Waals surface area contributed by atoms with Crippen LogP contribution in [-0.4, -0.2) is 56.5 Å². The van der Waals surface area contributed by atoms with Crippen molar-refractivity contribution in [2.75, 3.05) is 25.4 Å². The summed E-state index contributed by atoms with van der Waals surface area (Å²) in [6, 6.07) is 21.1. The number of carboxylic acid groups (broad SMARTS) is 1. The van der Waals surface area contributed by atoms with Gasteiger partial charge in [-0.3, -0.25) is 9.48 Å². The molecule has 1 aliphatic heterocycles. The van der Waals surface area contributed by atoms with E-state index in [4.69, 9.17) is 20.3 Å². The molecule has 1 amide bonds. The van der Waals surface area contributed by atoms with Crippen molar-refractivity contribution < 1.29 is 24.2 Å². The number of carbonyl (C=O) groups excluding carboxylic acids is 1. The number of aromatic nitrogens is 3. The number of aliphatic carboxylic acids is 1. The number of amides is 1. The van der Waals surface area contributed by atoms with Gasteiger partial charge in [-0.1, -0.05) is 42.5 Å². The normalized spacial score (nSPS) is 13.3. The number of hydrogen-bond acceptors (Lipinski definition) is 7. The summed E-state index contributed by atoms with van der Waals surface area (Å²) in [5.74, 6) is 0.0508. The second-order valence-corrected chi connectivity index (χ2v) is 9.94. The van der Waals surface area contributed by atoms with E-state index < -0.39 is 5.97 Å². The number of fused-ring (bicyclic) bond motifs is 2. The molecule has 0 radical (unpaired) electrons. The first kappa shape index (κ1) is 26.1. The Morgan fingerprint density at radius 3 is 2.66 bits per heavy atom. The molecule has 1 fully saturated rings. The number of nitrogen functional groups attached to an aromatic ring is 1. The Labute approximate surface area is 235 Å². The van der Waals surface area contributed by atoms with E-state index in [1.165, 1.54) is 0 Å². The topological polar surface area (TPSA) is 133 Å². The zero-order chi connectivity index (χ0) is 28.5. The SMILES string of the molecule is CCOC(=O)N1CC(n2nc3ccc(-c4cccc5c(N)nccc45)cc3c2COc2ccccc2CC(=O)O)C1. The van der Waals surface area contributed by atoms with Gasteiger partial charge in [0.25, 0.3) is 0 Å². The summed E-state index contributed by atoms with van der Waals surface area (Å²) in [7, 11) is 0. The summed E-state index contributed by atoms with van der Waals surface area (Å²) in [6.45, 7) is 3.21. The number of rotatable bonds is 8. The number of likely N-dealkylation sites (tertiary alicyclic amines) is 1. The number of carbonyl (C=O) groups is 2. The molecule has 1 saturated heterocycles. The van der Waals surface area contributed by atoms with Crippen molar-refractivity contribution in [3.63, 3.8) is 0 Å². The van der Waals surface area contributed by atoms with Gasteiger partial charge in [0.1, 0.15) is 18.2 Å². The lowest BCUT2D eigenvalue weighted by molar-refractivity contribution is -0.136. The maximum Gasteiger partial charge on any atom is 0.409 e. The number of anilines is 1. The summed E-state index contributed by atoms with van der Waals surface area (Å²) < 4.78 is 13.3. The molecule has 41 heavy (non-hydrogen) atoms. The van der Waals surface area contributed by atoms with Crippen LogP contribution in [0.3, 0.4) is 0 Å². The molecule has 10 heteroatoms. The molecular formula is C31H29N5O5. The zero-order valence-electron chi connectivity index (χ0n) is 22.5. The van der Waals surface area contributed by atoms with Gasteiger partial charge >= 0.3 is 12.1 Å². The lowest BCUT2D eigenvalue weighted by Crippen LogP contribution is -2.51. The van der Waals surface area contributed by atoms with E-state index in [1.54, 1.807) is 36.2 Å². The number of pyridine rings is 1. The van der Waals surface area contributed by atoms with E-state index in [2.05, 4.69) is 17.1 Å². The summed E-state index contributed by atoms with van der Waals surface area (Å²) >= 11 is 0. The summed E-state index contributed by atoms with van der Waals surface area (Å²) in [4.78, 5) is 29.5. The highest BCUT2D eigenvalue weighted by atomic mass is 16.6. The monoisotopic (exact) mass is 551 g/mol. The fourth-order valence-corrected chi connectivity index (χ4v) is 5.32. The van der Waals surface area contributed by atoms with Crippen molar-refractivity contribution in [2.45, 2.75) is 26.0 Å². The van der Waals surface area contributed by atoms with Crippen LogP contribution in [0.15, 0.2) is 72.9 Å². The lowest BCUT2D eigenvalue weighted by atomic mass is 9.97. The standard InChI is InChI=1S/C31H29N5O5/c1-2-40-31(39)35-16-21(17-35)36-27(18-41-28-9-4-3-6-20(28)15-29(37)38)25-14-19(10-11-26(25)34-36)22-7-5-8-24-23(22)12-13-33-30(24)32/h3-14,21H,2,15-18H2,1H3,(H2,32,33)(H,37,38). The predicted octanol–water partition coefficient (Wildman–Crippen LogP) is 5.05. The maximum absolute atomic E-state index is 12.2. The molecule has 3 aromatic carbocycles. The molecule has 0 saturated carbocycles. The highest BCUT2D eigenvalue weighted by Gasteiger charge is 2.35. The third-order valence-electron chi connectivity index (χ3n) is 7.36. The first-order valence-electron chi connectivity index (χ1n) is 13.4. The average molecular weight is 552 g/mol. The molecule has 2 aromatic heterocycles. The first-order chi connectivity index (χ1) is 19.9. The van der Waals surface area contributed by atoms with Crippen molar-refractivity contribution >= 4 is 39.6 Å². The molecule has 3 N–H and O–H groups in total. The molecule has 0 atom stereocenters. The lowest BCUT2D eigenvalue weighted by Gasteiger charge is -2.38. The van der Waals surface area contributed by atoms with E-state index in [-0.39, 0.29) is 25.2 Å². The number of carboxylic acids is 1. The van der Waals surface area contributed by atoms with Crippen LogP contribution in [0.25, 0.3) is 32.8 Å². The molecule has 10 nitrogen and oxygen atoms in total. The zero-order valence-corrected chi connectivity index (χ0v) is 22.5. The number of benzene rings is 3. The fraction of sp³-hybridized carbons (Fsp3) is 0.226. The summed E-state index contributed by atoms with van der Waals surface area (Å²) in [6.07, 6.45) is 1.22. The van der Waals surface area contributed by atoms with Gasteiger partial charge in [0, 0.05) is 35.6 Å². The van der Waals surface area contributed by atoms with Crippen molar-refractivity contribution in [1.29, 1.82) is 0 Å². The quantitative estimate of drug-likeness (QED) is 0.274. The van der Waals surface area contributed by atoms with E-state index in [9.17, 15) is 14.7 Å². The van der Waals surface area contributed by atoms with Crippen LogP contribution in [-0.2, 0) is 22.6 Å². The van der Waals surface area contributed by atoms with Crippen molar-refractivity contribution in [1.82, 2.24) is 19.7 Å². The smallest absolute Gasteiger partial charge is 0.409 e. The van der Waals surface area contributed by atoms with Crippen LogP contribution in [0, 0.1) is 0 Å². The Morgan fingerprint density at radius 2 is 1.85 bits per heavy atom. The minimum absolute atomic E-state index is 0.0495. The third-order valence-corrected chi connectivity index (χ3v) is 7.36. The third kappa shape index (κ3) is 5.00. The van der Waals surface area contributed by atoms with E-state index in [1.807, 2.05) is 41.1 Å². The summed E-state index contributed by atoms with van der Waals surface area (Å²) in [5, 5.41) is 17.0. The second kappa shape index (κ2) is 10.8. The van der Waals surface area contributed by atoms with E-state index >= 15 is 0 Å². The first-order valence-corrected chi connectivity index (χ1v) is 13.4.